The van der Waals surface area contributed by atoms with Gasteiger partial charge in [-0.05, 0) is 68.9 Å². The van der Waals surface area contributed by atoms with Crippen molar-refractivity contribution in [3.05, 3.63) is 77.6 Å². The fraction of sp³-hybridized carbons (Fsp3) is 0.394. The summed E-state index contributed by atoms with van der Waals surface area (Å²) in [5, 5.41) is 3.33. The number of pyridine rings is 1. The Morgan fingerprint density at radius 1 is 1.05 bits per heavy atom. The standard InChI is InChI=1S/C31H40N6O2.C2H6/c1-22-18-25(21-34-30(22)33-20-23(2)26-8-6-7-9-29(26)39-5)24-10-11-28(32)27(19-24)31(38)37-16-14-36(15-17-37)13-12-35(3)4;1-2/h6-11,18-21H,12-17,32H2,1-5H3,(H,33,34);1-2H3/b23-20+;. The molecule has 2 heterocycles. The number of allylic oxidation sites excluding steroid dienone is 1. The molecule has 1 amide bonds. The first kappa shape index (κ1) is 31.6. The highest BCUT2D eigenvalue weighted by Crippen LogP contribution is 2.28. The van der Waals surface area contributed by atoms with Crippen LogP contribution in [0.5, 0.6) is 5.75 Å². The number of ether oxygens (including phenoxy) is 1. The summed E-state index contributed by atoms with van der Waals surface area (Å²) in [4.78, 5) is 24.6. The maximum Gasteiger partial charge on any atom is 0.256 e. The molecule has 1 aliphatic rings. The van der Waals surface area contributed by atoms with Gasteiger partial charge >= 0.3 is 0 Å². The zero-order valence-electron chi connectivity index (χ0n) is 25.7. The Labute approximate surface area is 245 Å². The van der Waals surface area contributed by atoms with E-state index in [1.165, 1.54) is 0 Å². The molecular weight excluding hydrogens is 512 g/mol. The minimum atomic E-state index is -0.0125. The molecule has 3 aromatic rings. The van der Waals surface area contributed by atoms with E-state index in [2.05, 4.69) is 40.3 Å². The molecule has 0 aliphatic carbocycles. The third-order valence-electron chi connectivity index (χ3n) is 7.18. The lowest BCUT2D eigenvalue weighted by Crippen LogP contribution is -2.50. The van der Waals surface area contributed by atoms with Crippen LogP contribution in [-0.4, -0.2) is 86.1 Å². The molecule has 3 N–H and O–H groups in total. The third-order valence-corrected chi connectivity index (χ3v) is 7.18. The van der Waals surface area contributed by atoms with Crippen LogP contribution in [-0.2, 0) is 0 Å². The topological polar surface area (TPSA) is 87.0 Å². The predicted molar refractivity (Wildman–Crippen MR) is 171 cm³/mol. The molecule has 1 fully saturated rings. The van der Waals surface area contributed by atoms with Gasteiger partial charge in [0.25, 0.3) is 5.91 Å². The smallest absolute Gasteiger partial charge is 0.256 e. The number of anilines is 2. The summed E-state index contributed by atoms with van der Waals surface area (Å²) in [5.41, 5.74) is 12.2. The van der Waals surface area contributed by atoms with E-state index in [0.717, 1.165) is 65.6 Å². The number of carbonyl (C=O) groups excluding carboxylic acids is 1. The molecule has 220 valence electrons. The van der Waals surface area contributed by atoms with Crippen LogP contribution in [0.1, 0.15) is 42.3 Å². The third kappa shape index (κ3) is 8.31. The fourth-order valence-corrected chi connectivity index (χ4v) is 4.72. The molecule has 0 bridgehead atoms. The lowest BCUT2D eigenvalue weighted by atomic mass is 10.0. The Morgan fingerprint density at radius 3 is 2.41 bits per heavy atom. The second-order valence-electron chi connectivity index (χ2n) is 10.3. The predicted octanol–water partition coefficient (Wildman–Crippen LogP) is 5.47. The van der Waals surface area contributed by atoms with E-state index in [4.69, 9.17) is 10.5 Å². The zero-order chi connectivity index (χ0) is 29.9. The van der Waals surface area contributed by atoms with Gasteiger partial charge in [-0.2, -0.15) is 0 Å². The van der Waals surface area contributed by atoms with E-state index in [0.29, 0.717) is 24.3 Å². The van der Waals surface area contributed by atoms with Gasteiger partial charge in [-0.1, -0.05) is 38.1 Å². The Morgan fingerprint density at radius 2 is 1.76 bits per heavy atom. The van der Waals surface area contributed by atoms with Gasteiger partial charge in [0.15, 0.2) is 0 Å². The van der Waals surface area contributed by atoms with E-state index < -0.39 is 0 Å². The first-order valence-electron chi connectivity index (χ1n) is 14.4. The summed E-state index contributed by atoms with van der Waals surface area (Å²) >= 11 is 0. The van der Waals surface area contributed by atoms with Crippen molar-refractivity contribution in [3.8, 4) is 16.9 Å². The monoisotopic (exact) mass is 558 g/mol. The normalized spacial score (nSPS) is 14.0. The number of hydrogen-bond acceptors (Lipinski definition) is 7. The highest BCUT2D eigenvalue weighted by Gasteiger charge is 2.24. The SMILES string of the molecule is CC.COc1ccccc1/C(C)=C/Nc1ncc(-c2ccc(N)c(C(=O)N3CCN(CCN(C)C)CC3)c2)cc1C. The average Bonchev–Trinajstić information content (AvgIpc) is 3.00. The number of nitrogens with zero attached hydrogens (tertiary/aromatic N) is 4. The Bertz CT molecular complexity index is 1330. The van der Waals surface area contributed by atoms with Crippen molar-refractivity contribution in [3.63, 3.8) is 0 Å². The highest BCUT2D eigenvalue weighted by molar-refractivity contribution is 6.00. The lowest BCUT2D eigenvalue weighted by molar-refractivity contribution is 0.0631. The van der Waals surface area contributed by atoms with Crippen LogP contribution in [0, 0.1) is 6.92 Å². The first-order chi connectivity index (χ1) is 19.8. The molecule has 2 aromatic carbocycles. The number of aromatic nitrogens is 1. The summed E-state index contributed by atoms with van der Waals surface area (Å²) in [6.07, 6.45) is 3.76. The van der Waals surface area contributed by atoms with Crippen LogP contribution in [0.25, 0.3) is 16.7 Å². The number of piperazine rings is 1. The maximum absolute atomic E-state index is 13.4. The van der Waals surface area contributed by atoms with Crippen LogP contribution in [0.2, 0.25) is 0 Å². The van der Waals surface area contributed by atoms with Gasteiger partial charge in [0, 0.05) is 68.5 Å². The molecule has 8 nitrogen and oxygen atoms in total. The zero-order valence-corrected chi connectivity index (χ0v) is 25.7. The van der Waals surface area contributed by atoms with E-state index >= 15 is 0 Å². The molecule has 0 atom stereocenters. The minimum absolute atomic E-state index is 0.0125. The van der Waals surface area contributed by atoms with Gasteiger partial charge in [0.05, 0.1) is 12.7 Å². The first-order valence-corrected chi connectivity index (χ1v) is 14.4. The summed E-state index contributed by atoms with van der Waals surface area (Å²) in [5.74, 6) is 1.58. The molecule has 8 heteroatoms. The van der Waals surface area contributed by atoms with Crippen molar-refractivity contribution >= 4 is 23.0 Å². The van der Waals surface area contributed by atoms with Crippen LogP contribution in [0.4, 0.5) is 11.5 Å². The van der Waals surface area contributed by atoms with Crippen LogP contribution < -0.4 is 15.8 Å². The number of nitrogens with one attached hydrogen (secondary N) is 1. The minimum Gasteiger partial charge on any atom is -0.496 e. The van der Waals surface area contributed by atoms with E-state index in [9.17, 15) is 4.79 Å². The molecule has 1 aromatic heterocycles. The number of likely N-dealkylation sites (N-methyl/N-ethyl adjacent to an activating group) is 1. The molecule has 0 radical (unpaired) electrons. The van der Waals surface area contributed by atoms with Crippen molar-refractivity contribution in [2.75, 3.05) is 71.5 Å². The quantitative estimate of drug-likeness (QED) is 0.337. The molecular formula is C33H46N6O2. The summed E-state index contributed by atoms with van der Waals surface area (Å²) in [6.45, 7) is 13.2. The van der Waals surface area contributed by atoms with E-state index in [-0.39, 0.29) is 5.91 Å². The number of amides is 1. The summed E-state index contributed by atoms with van der Waals surface area (Å²) in [7, 11) is 5.84. The van der Waals surface area contributed by atoms with Gasteiger partial charge in [-0.25, -0.2) is 4.98 Å². The number of carbonyl (C=O) groups is 1. The van der Waals surface area contributed by atoms with Crippen LogP contribution in [0.3, 0.4) is 0 Å². The fourth-order valence-electron chi connectivity index (χ4n) is 4.72. The molecule has 41 heavy (non-hydrogen) atoms. The Hall–Kier alpha value is -3.88. The van der Waals surface area contributed by atoms with E-state index in [1.54, 1.807) is 7.11 Å². The van der Waals surface area contributed by atoms with Crippen molar-refractivity contribution in [1.29, 1.82) is 0 Å². The number of methoxy groups -OCH3 is 1. The van der Waals surface area contributed by atoms with Gasteiger partial charge < -0.3 is 25.6 Å². The maximum atomic E-state index is 13.4. The van der Waals surface area contributed by atoms with Crippen molar-refractivity contribution < 1.29 is 9.53 Å². The summed E-state index contributed by atoms with van der Waals surface area (Å²) in [6, 6.07) is 15.7. The second kappa shape index (κ2) is 15.2. The molecule has 0 unspecified atom stereocenters. The van der Waals surface area contributed by atoms with Gasteiger partial charge in [-0.3, -0.25) is 9.69 Å². The molecule has 1 aliphatic heterocycles. The van der Waals surface area contributed by atoms with Crippen LogP contribution in [0.15, 0.2) is 60.9 Å². The van der Waals surface area contributed by atoms with Crippen LogP contribution >= 0.6 is 0 Å². The number of para-hydroxylation sites is 1. The summed E-state index contributed by atoms with van der Waals surface area (Å²) < 4.78 is 5.48. The average molecular weight is 559 g/mol. The van der Waals surface area contributed by atoms with E-state index in [1.807, 2.05) is 87.5 Å². The van der Waals surface area contributed by atoms with Crippen molar-refractivity contribution in [2.24, 2.45) is 0 Å². The van der Waals surface area contributed by atoms with Gasteiger partial charge in [0.1, 0.15) is 11.6 Å². The number of nitrogen functional groups attached to an aromatic ring is 1. The number of aryl methyl sites for hydroxylation is 1. The molecule has 4 rings (SSSR count). The van der Waals surface area contributed by atoms with Gasteiger partial charge in [0.2, 0.25) is 0 Å². The highest BCUT2D eigenvalue weighted by atomic mass is 16.5. The lowest BCUT2D eigenvalue weighted by Gasteiger charge is -2.35. The number of benzene rings is 2. The largest absolute Gasteiger partial charge is 0.496 e. The number of hydrogen-bond donors (Lipinski definition) is 2. The molecule has 0 saturated carbocycles. The van der Waals surface area contributed by atoms with Crippen molar-refractivity contribution in [1.82, 2.24) is 19.7 Å². The Kier molecular flexibility index (Phi) is 11.7. The number of rotatable bonds is 9. The molecule has 0 spiro atoms. The van der Waals surface area contributed by atoms with Gasteiger partial charge in [-0.15, -0.1) is 0 Å². The van der Waals surface area contributed by atoms with Crippen molar-refractivity contribution in [2.45, 2.75) is 27.7 Å². The Balaban J connectivity index is 0.00000226. The second-order valence-corrected chi connectivity index (χ2v) is 10.3. The number of nitrogens with two attached hydrogens (primary N) is 1. The molecule has 1 saturated heterocycles.